The quantitative estimate of drug-likeness (QED) is 0.678. The van der Waals surface area contributed by atoms with E-state index in [2.05, 4.69) is 4.98 Å². The Balaban J connectivity index is 2.08. The van der Waals surface area contributed by atoms with E-state index in [1.54, 1.807) is 6.07 Å². The van der Waals surface area contributed by atoms with Crippen LogP contribution in [0.2, 0.25) is 0 Å². The highest BCUT2D eigenvalue weighted by Crippen LogP contribution is 2.23. The van der Waals surface area contributed by atoms with Crippen LogP contribution in [-0.2, 0) is 11.3 Å². The number of rotatable bonds is 5. The highest BCUT2D eigenvalue weighted by Gasteiger charge is 2.30. The molecule has 5 nitrogen and oxygen atoms in total. The van der Waals surface area contributed by atoms with Gasteiger partial charge in [-0.1, -0.05) is 0 Å². The largest absolute Gasteiger partial charge is 0.453 e. The predicted molar refractivity (Wildman–Crippen MR) is 75.4 cm³/mol. The van der Waals surface area contributed by atoms with Crippen LogP contribution in [0.1, 0.15) is 32.2 Å². The number of nitrogens with zero attached hydrogens (tertiary/aromatic N) is 1. The van der Waals surface area contributed by atoms with Crippen LogP contribution in [0.3, 0.4) is 0 Å². The summed E-state index contributed by atoms with van der Waals surface area (Å²) in [4.78, 5) is 26.4. The fourth-order valence-electron chi connectivity index (χ4n) is 2.25. The van der Waals surface area contributed by atoms with Gasteiger partial charge in [0.1, 0.15) is 12.2 Å². The normalized spacial score (nSPS) is 11.5. The first-order valence-corrected chi connectivity index (χ1v) is 6.76. The van der Waals surface area contributed by atoms with E-state index >= 15 is 0 Å². The van der Waals surface area contributed by atoms with Crippen molar-refractivity contribution in [1.29, 1.82) is 0 Å². The number of Topliss-reactive ketones (excluding diaryl/α,β-unsaturated/α-hetero) is 1. The van der Waals surface area contributed by atoms with Gasteiger partial charge in [-0.25, -0.2) is 4.79 Å². The fraction of sp³-hybridized carbons (Fsp3) is 0.333. The molecule has 0 saturated heterocycles. The van der Waals surface area contributed by atoms with E-state index in [0.717, 1.165) is 4.57 Å². The Hall–Kier alpha value is -2.51. The van der Waals surface area contributed by atoms with Crippen molar-refractivity contribution in [2.24, 2.45) is 0 Å². The van der Waals surface area contributed by atoms with Gasteiger partial charge in [0.2, 0.25) is 5.78 Å². The average Bonchev–Trinajstić information content (AvgIpc) is 3.07. The molecular weight excluding hydrogens is 313 g/mol. The van der Waals surface area contributed by atoms with Gasteiger partial charge in [-0.2, -0.15) is 13.2 Å². The number of alkyl halides is 3. The molecule has 0 unspecified atom stereocenters. The van der Waals surface area contributed by atoms with Crippen molar-refractivity contribution >= 4 is 11.8 Å². The monoisotopic (exact) mass is 328 g/mol. The molecule has 0 spiro atoms. The Morgan fingerprint density at radius 3 is 2.57 bits per heavy atom. The molecule has 0 radical (unpaired) electrons. The van der Waals surface area contributed by atoms with Crippen LogP contribution in [0, 0.1) is 13.8 Å². The molecule has 0 amide bonds. The molecule has 2 heterocycles. The molecule has 0 saturated carbocycles. The zero-order valence-corrected chi connectivity index (χ0v) is 12.5. The molecule has 0 fully saturated rings. The van der Waals surface area contributed by atoms with Gasteiger partial charge in [-0.05, 0) is 32.0 Å². The first-order chi connectivity index (χ1) is 10.7. The second-order valence-electron chi connectivity index (χ2n) is 5.07. The molecule has 2 rings (SSSR count). The summed E-state index contributed by atoms with van der Waals surface area (Å²) < 4.78 is 43.5. The summed E-state index contributed by atoms with van der Waals surface area (Å²) in [5.41, 5.74) is 0.825. The van der Waals surface area contributed by atoms with Gasteiger partial charge in [0.15, 0.2) is 6.61 Å². The first kappa shape index (κ1) is 16.9. The molecule has 1 N–H and O–H groups in total. The molecule has 0 aliphatic heterocycles. The Kier molecular flexibility index (Phi) is 4.63. The number of aromatic amines is 1. The highest BCUT2D eigenvalue weighted by molar-refractivity contribution is 6.00. The van der Waals surface area contributed by atoms with Gasteiger partial charge in [0.25, 0.3) is 0 Å². The van der Waals surface area contributed by atoms with Crippen LogP contribution in [0.5, 0.6) is 0 Å². The number of nitrogens with one attached hydrogen (secondary N) is 1. The van der Waals surface area contributed by atoms with E-state index in [-0.39, 0.29) is 17.0 Å². The minimum absolute atomic E-state index is 0.117. The van der Waals surface area contributed by atoms with Crippen molar-refractivity contribution in [3.05, 3.63) is 47.0 Å². The van der Waals surface area contributed by atoms with Crippen LogP contribution in [0.4, 0.5) is 13.2 Å². The summed E-state index contributed by atoms with van der Waals surface area (Å²) in [6.45, 7) is 1.22. The van der Waals surface area contributed by atoms with Gasteiger partial charge < -0.3 is 14.3 Å². The predicted octanol–water partition coefficient (Wildman–Crippen LogP) is 3.04. The smallest absolute Gasteiger partial charge is 0.406 e. The number of ether oxygens (including phenoxy) is 1. The van der Waals surface area contributed by atoms with Gasteiger partial charge >= 0.3 is 12.1 Å². The van der Waals surface area contributed by atoms with E-state index in [1.165, 1.54) is 32.2 Å². The Labute approximate surface area is 130 Å². The van der Waals surface area contributed by atoms with E-state index in [9.17, 15) is 22.8 Å². The lowest BCUT2D eigenvalue weighted by Gasteiger charge is -2.12. The number of hydrogen-bond donors (Lipinski definition) is 1. The first-order valence-electron chi connectivity index (χ1n) is 6.76. The van der Waals surface area contributed by atoms with Gasteiger partial charge in [-0.15, -0.1) is 0 Å². The maximum absolute atomic E-state index is 12.5. The van der Waals surface area contributed by atoms with E-state index in [4.69, 9.17) is 4.74 Å². The number of hydrogen-bond acceptors (Lipinski definition) is 3. The molecule has 23 heavy (non-hydrogen) atoms. The van der Waals surface area contributed by atoms with Gasteiger partial charge in [-0.3, -0.25) is 4.79 Å². The number of halogens is 3. The van der Waals surface area contributed by atoms with Crippen LogP contribution in [0.15, 0.2) is 24.4 Å². The molecule has 0 atom stereocenters. The third-order valence-electron chi connectivity index (χ3n) is 3.36. The van der Waals surface area contributed by atoms with Crippen LogP contribution < -0.4 is 0 Å². The zero-order chi connectivity index (χ0) is 17.2. The highest BCUT2D eigenvalue weighted by atomic mass is 19.4. The number of aryl methyl sites for hydroxylation is 1. The molecule has 0 aliphatic carbocycles. The van der Waals surface area contributed by atoms with Crippen LogP contribution in [-0.4, -0.2) is 34.1 Å². The standard InChI is InChI=1S/C15H15F3N2O3/c1-9-6-11(10(2)20(9)8-15(16,17)18)13(21)7-23-14(22)12-4-3-5-19-12/h3-6,19H,7-8H2,1-2H3. The zero-order valence-electron chi connectivity index (χ0n) is 12.5. The Morgan fingerprint density at radius 2 is 2.00 bits per heavy atom. The number of H-pyrrole nitrogens is 1. The minimum atomic E-state index is -4.38. The molecule has 124 valence electrons. The fourth-order valence-corrected chi connectivity index (χ4v) is 2.25. The number of carbonyl (C=O) groups excluding carboxylic acids is 2. The van der Waals surface area contributed by atoms with Crippen molar-refractivity contribution in [2.75, 3.05) is 6.61 Å². The van der Waals surface area contributed by atoms with Crippen molar-refractivity contribution in [3.8, 4) is 0 Å². The summed E-state index contributed by atoms with van der Waals surface area (Å²) in [6.07, 6.45) is -2.85. The van der Waals surface area contributed by atoms with E-state index in [1.807, 2.05) is 0 Å². The van der Waals surface area contributed by atoms with Gasteiger partial charge in [0.05, 0.1) is 0 Å². The second-order valence-corrected chi connectivity index (χ2v) is 5.07. The van der Waals surface area contributed by atoms with Crippen molar-refractivity contribution in [3.63, 3.8) is 0 Å². The molecule has 0 aliphatic rings. The van der Waals surface area contributed by atoms with Crippen LogP contribution >= 0.6 is 0 Å². The van der Waals surface area contributed by atoms with E-state index < -0.39 is 31.1 Å². The molecule has 2 aromatic heterocycles. The third kappa shape index (κ3) is 4.02. The number of carbonyl (C=O) groups is 2. The molecule has 2 aromatic rings. The minimum Gasteiger partial charge on any atom is -0.453 e. The lowest BCUT2D eigenvalue weighted by atomic mass is 10.1. The summed E-state index contributed by atoms with van der Waals surface area (Å²) in [6, 6.07) is 4.46. The number of aromatic nitrogens is 2. The second kappa shape index (κ2) is 6.31. The van der Waals surface area contributed by atoms with Crippen LogP contribution in [0.25, 0.3) is 0 Å². The SMILES string of the molecule is Cc1cc(C(=O)COC(=O)c2ccc[nH]2)c(C)n1CC(F)(F)F. The van der Waals surface area contributed by atoms with Crippen molar-refractivity contribution in [2.45, 2.75) is 26.6 Å². The lowest BCUT2D eigenvalue weighted by Crippen LogP contribution is -2.20. The van der Waals surface area contributed by atoms with Crippen molar-refractivity contribution in [1.82, 2.24) is 9.55 Å². The van der Waals surface area contributed by atoms with Crippen molar-refractivity contribution < 1.29 is 27.5 Å². The Morgan fingerprint density at radius 1 is 1.30 bits per heavy atom. The number of esters is 1. The summed E-state index contributed by atoms with van der Waals surface area (Å²) in [7, 11) is 0. The molecular formula is C15H15F3N2O3. The van der Waals surface area contributed by atoms with Gasteiger partial charge in [0, 0.05) is 23.1 Å². The molecule has 8 heteroatoms. The maximum atomic E-state index is 12.5. The number of ketones is 1. The molecule has 0 bridgehead atoms. The summed E-state index contributed by atoms with van der Waals surface area (Å²) in [5, 5.41) is 0. The summed E-state index contributed by atoms with van der Waals surface area (Å²) in [5.74, 6) is -1.25. The molecule has 0 aromatic carbocycles. The average molecular weight is 328 g/mol. The van der Waals surface area contributed by atoms with E-state index in [0.29, 0.717) is 5.69 Å². The Bertz CT molecular complexity index is 715. The topological polar surface area (TPSA) is 64.1 Å². The lowest BCUT2D eigenvalue weighted by molar-refractivity contribution is -0.141. The third-order valence-corrected chi connectivity index (χ3v) is 3.36. The maximum Gasteiger partial charge on any atom is 0.406 e. The summed E-state index contributed by atoms with van der Waals surface area (Å²) >= 11 is 0.